The molecule has 1 aliphatic heterocycles. The molecule has 0 saturated carbocycles. The zero-order chi connectivity index (χ0) is 14.1. The Labute approximate surface area is 116 Å². The Kier molecular flexibility index (Phi) is 2.98. The first-order valence-electron chi connectivity index (χ1n) is 6.43. The van der Waals surface area contributed by atoms with Crippen molar-refractivity contribution >= 4 is 23.0 Å². The van der Waals surface area contributed by atoms with Crippen molar-refractivity contribution in [1.29, 1.82) is 0 Å². The molecule has 2 heterocycles. The third-order valence-corrected chi connectivity index (χ3v) is 3.39. The van der Waals surface area contributed by atoms with Crippen LogP contribution in [0.4, 0.5) is 17.1 Å². The Morgan fingerprint density at radius 2 is 1.90 bits per heavy atom. The van der Waals surface area contributed by atoms with Gasteiger partial charge in [0.25, 0.3) is 0 Å². The minimum atomic E-state index is 0.106. The Morgan fingerprint density at radius 3 is 2.55 bits per heavy atom. The number of carbonyl (C=O) groups is 1. The monoisotopic (exact) mass is 269 g/mol. The maximum absolute atomic E-state index is 11.8. The third-order valence-electron chi connectivity index (χ3n) is 3.39. The number of hydrogen-bond acceptors (Lipinski definition) is 5. The van der Waals surface area contributed by atoms with Crippen LogP contribution in [0, 0.1) is 0 Å². The molecule has 6 heteroatoms. The predicted molar refractivity (Wildman–Crippen MR) is 77.9 cm³/mol. The fraction of sp³-hybridized carbons (Fsp3) is 0.214. The lowest BCUT2D eigenvalue weighted by molar-refractivity contribution is -0.117. The molecule has 102 valence electrons. The largest absolute Gasteiger partial charge is 0.397 e. The van der Waals surface area contributed by atoms with Crippen LogP contribution in [0.2, 0.25) is 0 Å². The van der Waals surface area contributed by atoms with Crippen molar-refractivity contribution in [3.05, 3.63) is 30.6 Å². The highest BCUT2D eigenvalue weighted by molar-refractivity contribution is 5.98. The van der Waals surface area contributed by atoms with Crippen LogP contribution < -0.4 is 16.4 Å². The van der Waals surface area contributed by atoms with E-state index in [2.05, 4.69) is 9.97 Å². The topological polar surface area (TPSA) is 98.1 Å². The number of hydrogen-bond donors (Lipinski definition) is 2. The maximum atomic E-state index is 11.8. The van der Waals surface area contributed by atoms with E-state index in [4.69, 9.17) is 11.5 Å². The van der Waals surface area contributed by atoms with Gasteiger partial charge in [0.1, 0.15) is 0 Å². The second kappa shape index (κ2) is 4.80. The van der Waals surface area contributed by atoms with Crippen LogP contribution in [0.25, 0.3) is 11.4 Å². The Balaban J connectivity index is 2.11. The van der Waals surface area contributed by atoms with E-state index in [0.29, 0.717) is 35.7 Å². The molecular weight excluding hydrogens is 254 g/mol. The Bertz CT molecular complexity index is 656. The van der Waals surface area contributed by atoms with Crippen molar-refractivity contribution in [3.8, 4) is 11.4 Å². The van der Waals surface area contributed by atoms with E-state index in [1.54, 1.807) is 29.4 Å². The van der Waals surface area contributed by atoms with E-state index in [1.165, 1.54) is 0 Å². The molecule has 1 fully saturated rings. The van der Waals surface area contributed by atoms with Crippen LogP contribution >= 0.6 is 0 Å². The lowest BCUT2D eigenvalue weighted by atomic mass is 10.1. The highest BCUT2D eigenvalue weighted by Crippen LogP contribution is 2.34. The number of carbonyl (C=O) groups excluding carboxylic acids is 1. The molecule has 0 spiro atoms. The first-order chi connectivity index (χ1) is 9.66. The number of anilines is 3. The summed E-state index contributed by atoms with van der Waals surface area (Å²) in [6.45, 7) is 0.706. The number of nitrogens with zero attached hydrogens (tertiary/aromatic N) is 3. The number of benzene rings is 1. The van der Waals surface area contributed by atoms with Gasteiger partial charge < -0.3 is 16.4 Å². The van der Waals surface area contributed by atoms with Gasteiger partial charge in [-0.25, -0.2) is 9.97 Å². The molecule has 0 radical (unpaired) electrons. The summed E-state index contributed by atoms with van der Waals surface area (Å²) in [6, 6.07) is 5.28. The smallest absolute Gasteiger partial charge is 0.227 e. The van der Waals surface area contributed by atoms with E-state index in [-0.39, 0.29) is 5.91 Å². The van der Waals surface area contributed by atoms with Gasteiger partial charge in [0.05, 0.1) is 11.4 Å². The van der Waals surface area contributed by atoms with Gasteiger partial charge in [-0.05, 0) is 24.6 Å². The summed E-state index contributed by atoms with van der Waals surface area (Å²) in [5.74, 6) is 0.610. The van der Waals surface area contributed by atoms with Crippen LogP contribution in [0.1, 0.15) is 12.8 Å². The van der Waals surface area contributed by atoms with E-state index in [9.17, 15) is 4.79 Å². The van der Waals surface area contributed by atoms with Gasteiger partial charge in [0.2, 0.25) is 5.91 Å². The molecule has 1 aromatic carbocycles. The van der Waals surface area contributed by atoms with Crippen molar-refractivity contribution in [2.24, 2.45) is 0 Å². The van der Waals surface area contributed by atoms with Crippen LogP contribution in [0.3, 0.4) is 0 Å². The van der Waals surface area contributed by atoms with Crippen molar-refractivity contribution in [2.75, 3.05) is 22.9 Å². The SMILES string of the molecule is Nc1cc(N2CCCC2=O)cc(-c2ncccn2)c1N. The number of rotatable bonds is 2. The molecule has 0 aliphatic carbocycles. The standard InChI is InChI=1S/C14H15N5O/c15-11-8-9(19-6-1-3-12(19)20)7-10(13(11)16)14-17-4-2-5-18-14/h2,4-5,7-8H,1,3,6,15-16H2. The van der Waals surface area contributed by atoms with Gasteiger partial charge in [-0.1, -0.05) is 0 Å². The lowest BCUT2D eigenvalue weighted by Gasteiger charge is -2.18. The van der Waals surface area contributed by atoms with Crippen molar-refractivity contribution in [2.45, 2.75) is 12.8 Å². The molecule has 3 rings (SSSR count). The minimum absolute atomic E-state index is 0.106. The molecule has 0 atom stereocenters. The summed E-state index contributed by atoms with van der Waals surface area (Å²) in [5, 5.41) is 0. The van der Waals surface area contributed by atoms with Crippen molar-refractivity contribution < 1.29 is 4.79 Å². The summed E-state index contributed by atoms with van der Waals surface area (Å²) < 4.78 is 0. The van der Waals surface area contributed by atoms with Gasteiger partial charge in [0.15, 0.2) is 5.82 Å². The minimum Gasteiger partial charge on any atom is -0.397 e. The summed E-state index contributed by atoms with van der Waals surface area (Å²) >= 11 is 0. The summed E-state index contributed by atoms with van der Waals surface area (Å²) in [7, 11) is 0. The Hall–Kier alpha value is -2.63. The normalized spacial score (nSPS) is 14.8. The van der Waals surface area contributed by atoms with Crippen LogP contribution in [0.5, 0.6) is 0 Å². The molecule has 0 bridgehead atoms. The lowest BCUT2D eigenvalue weighted by Crippen LogP contribution is -2.24. The first kappa shape index (κ1) is 12.4. The summed E-state index contributed by atoms with van der Waals surface area (Å²) in [6.07, 6.45) is 4.72. The molecule has 0 unspecified atom stereocenters. The van der Waals surface area contributed by atoms with Crippen LogP contribution in [-0.4, -0.2) is 22.4 Å². The molecule has 4 N–H and O–H groups in total. The molecular formula is C14H15N5O. The molecule has 1 saturated heterocycles. The molecule has 6 nitrogen and oxygen atoms in total. The average molecular weight is 269 g/mol. The second-order valence-corrected chi connectivity index (χ2v) is 4.72. The van der Waals surface area contributed by atoms with E-state index >= 15 is 0 Å². The molecule has 1 aliphatic rings. The number of nitrogen functional groups attached to an aromatic ring is 2. The highest BCUT2D eigenvalue weighted by Gasteiger charge is 2.23. The van der Waals surface area contributed by atoms with Crippen molar-refractivity contribution in [3.63, 3.8) is 0 Å². The van der Waals surface area contributed by atoms with Gasteiger partial charge >= 0.3 is 0 Å². The zero-order valence-electron chi connectivity index (χ0n) is 10.9. The molecule has 1 amide bonds. The number of amides is 1. The Morgan fingerprint density at radius 1 is 1.15 bits per heavy atom. The third kappa shape index (κ3) is 2.05. The van der Waals surface area contributed by atoms with E-state index in [0.717, 1.165) is 12.1 Å². The average Bonchev–Trinajstić information content (AvgIpc) is 2.89. The van der Waals surface area contributed by atoms with Crippen molar-refractivity contribution in [1.82, 2.24) is 9.97 Å². The van der Waals surface area contributed by atoms with Crippen LogP contribution in [0.15, 0.2) is 30.6 Å². The van der Waals surface area contributed by atoms with E-state index in [1.807, 2.05) is 6.07 Å². The molecule has 1 aromatic heterocycles. The second-order valence-electron chi connectivity index (χ2n) is 4.72. The first-order valence-corrected chi connectivity index (χ1v) is 6.43. The highest BCUT2D eigenvalue weighted by atomic mass is 16.2. The quantitative estimate of drug-likeness (QED) is 0.804. The maximum Gasteiger partial charge on any atom is 0.227 e. The number of nitrogens with two attached hydrogens (primary N) is 2. The summed E-state index contributed by atoms with van der Waals surface area (Å²) in [4.78, 5) is 21.9. The van der Waals surface area contributed by atoms with Gasteiger partial charge in [-0.3, -0.25) is 4.79 Å². The fourth-order valence-electron chi connectivity index (χ4n) is 2.36. The zero-order valence-corrected chi connectivity index (χ0v) is 10.9. The molecule has 2 aromatic rings. The van der Waals surface area contributed by atoms with Gasteiger partial charge in [0, 0.05) is 36.6 Å². The van der Waals surface area contributed by atoms with Gasteiger partial charge in [-0.2, -0.15) is 0 Å². The number of aromatic nitrogens is 2. The molecule has 20 heavy (non-hydrogen) atoms. The predicted octanol–water partition coefficient (Wildman–Crippen LogP) is 1.43. The van der Waals surface area contributed by atoms with E-state index < -0.39 is 0 Å². The van der Waals surface area contributed by atoms with Gasteiger partial charge in [-0.15, -0.1) is 0 Å². The summed E-state index contributed by atoms with van der Waals surface area (Å²) in [5.41, 5.74) is 14.2. The van der Waals surface area contributed by atoms with Crippen LogP contribution in [-0.2, 0) is 4.79 Å². The fourth-order valence-corrected chi connectivity index (χ4v) is 2.36.